The van der Waals surface area contributed by atoms with Crippen LogP contribution in [0.15, 0.2) is 52.5 Å². The van der Waals surface area contributed by atoms with Crippen LogP contribution < -0.4 is 20.1 Å². The number of ether oxygens (including phenoxy) is 2. The fraction of sp³-hybridized carbons (Fsp3) is 0.273. The number of urea groups is 1. The number of nitrogens with one attached hydrogen (secondary N) is 2. The van der Waals surface area contributed by atoms with Crippen LogP contribution in [-0.2, 0) is 4.79 Å². The van der Waals surface area contributed by atoms with Crippen LogP contribution >= 0.6 is 15.9 Å². The first-order valence-electron chi connectivity index (χ1n) is 9.43. The van der Waals surface area contributed by atoms with Crippen molar-refractivity contribution in [3.8, 4) is 11.5 Å². The third-order valence-electron chi connectivity index (χ3n) is 4.47. The van der Waals surface area contributed by atoms with Crippen molar-refractivity contribution in [1.29, 1.82) is 0 Å². The lowest BCUT2D eigenvalue weighted by atomic mass is 9.90. The van der Waals surface area contributed by atoms with Gasteiger partial charge in [-0.15, -0.1) is 0 Å². The minimum Gasteiger partial charge on any atom is -0.490 e. The van der Waals surface area contributed by atoms with Gasteiger partial charge in [0.1, 0.15) is 0 Å². The summed E-state index contributed by atoms with van der Waals surface area (Å²) in [7, 11) is 0. The van der Waals surface area contributed by atoms with Crippen molar-refractivity contribution in [2.45, 2.75) is 26.8 Å². The van der Waals surface area contributed by atoms with E-state index in [1.54, 1.807) is 6.07 Å². The zero-order valence-electron chi connectivity index (χ0n) is 16.5. The monoisotopic (exact) mass is 458 g/mol. The molecule has 2 aromatic rings. The Balaban J connectivity index is 2.18. The summed E-state index contributed by atoms with van der Waals surface area (Å²) < 4.78 is 12.1. The van der Waals surface area contributed by atoms with Crippen molar-refractivity contribution in [3.05, 3.63) is 63.6 Å². The van der Waals surface area contributed by atoms with Gasteiger partial charge >= 0.3 is 6.03 Å². The first-order chi connectivity index (χ1) is 14.0. The Morgan fingerprint density at radius 1 is 1.10 bits per heavy atom. The van der Waals surface area contributed by atoms with Crippen LogP contribution in [-0.4, -0.2) is 25.0 Å². The van der Waals surface area contributed by atoms with Crippen molar-refractivity contribution in [2.75, 3.05) is 13.2 Å². The Morgan fingerprint density at radius 3 is 2.41 bits per heavy atom. The zero-order valence-corrected chi connectivity index (χ0v) is 18.1. The molecule has 1 aliphatic heterocycles. The van der Waals surface area contributed by atoms with E-state index < -0.39 is 6.04 Å². The van der Waals surface area contributed by atoms with E-state index in [2.05, 4.69) is 26.6 Å². The molecule has 2 N–H and O–H groups in total. The number of carbonyl (C=O) groups is 2. The van der Waals surface area contributed by atoms with Crippen molar-refractivity contribution < 1.29 is 19.1 Å². The highest BCUT2D eigenvalue weighted by Gasteiger charge is 2.32. The largest absolute Gasteiger partial charge is 0.490 e. The Bertz CT molecular complexity index is 957. The topological polar surface area (TPSA) is 76.7 Å². The molecule has 3 rings (SSSR count). The highest BCUT2D eigenvalue weighted by molar-refractivity contribution is 9.10. The number of Topliss-reactive ketones (excluding diaryl/α,β-unsaturated/α-hetero) is 1. The van der Waals surface area contributed by atoms with Crippen molar-refractivity contribution in [1.82, 2.24) is 10.6 Å². The molecule has 0 fully saturated rings. The molecule has 7 heteroatoms. The smallest absolute Gasteiger partial charge is 0.320 e. The molecule has 0 radical (unpaired) electrons. The average molecular weight is 459 g/mol. The summed E-state index contributed by atoms with van der Waals surface area (Å²) in [4.78, 5) is 25.0. The van der Waals surface area contributed by atoms with Gasteiger partial charge in [0.05, 0.1) is 29.4 Å². The molecule has 0 saturated heterocycles. The standard InChI is InChI=1S/C22H23BrN2O4/c1-4-28-17-12-15(11-16(23)21(17)29-5-2)20-18(13(3)26)19(24-22(27)25-20)14-9-7-6-8-10-14/h6-12,20H,4-5H2,1-3H3,(H2,24,25,27)/t20-/m0/s1. The van der Waals surface area contributed by atoms with Gasteiger partial charge in [-0.3, -0.25) is 4.79 Å². The summed E-state index contributed by atoms with van der Waals surface area (Å²) in [6.45, 7) is 6.22. The van der Waals surface area contributed by atoms with Crippen LogP contribution in [0.25, 0.3) is 5.70 Å². The van der Waals surface area contributed by atoms with E-state index in [4.69, 9.17) is 9.47 Å². The molecule has 29 heavy (non-hydrogen) atoms. The molecule has 1 heterocycles. The van der Waals surface area contributed by atoms with Gasteiger partial charge in [0, 0.05) is 5.57 Å². The average Bonchev–Trinajstić information content (AvgIpc) is 2.70. The van der Waals surface area contributed by atoms with E-state index in [1.165, 1.54) is 6.92 Å². The van der Waals surface area contributed by atoms with Gasteiger partial charge in [0.15, 0.2) is 17.3 Å². The Morgan fingerprint density at radius 2 is 1.79 bits per heavy atom. The van der Waals surface area contributed by atoms with Crippen molar-refractivity contribution in [2.24, 2.45) is 0 Å². The minimum atomic E-state index is -0.623. The van der Waals surface area contributed by atoms with E-state index in [-0.39, 0.29) is 11.8 Å². The van der Waals surface area contributed by atoms with E-state index in [0.29, 0.717) is 40.5 Å². The molecule has 0 bridgehead atoms. The lowest BCUT2D eigenvalue weighted by Crippen LogP contribution is -2.44. The first-order valence-corrected chi connectivity index (χ1v) is 10.2. The number of hydrogen-bond donors (Lipinski definition) is 2. The molecule has 1 atom stereocenters. The molecule has 0 spiro atoms. The molecule has 0 unspecified atom stereocenters. The maximum atomic E-state index is 12.6. The molecule has 2 aromatic carbocycles. The molecule has 152 valence electrons. The molecular formula is C22H23BrN2O4. The maximum absolute atomic E-state index is 12.6. The van der Waals surface area contributed by atoms with E-state index in [1.807, 2.05) is 50.2 Å². The number of hydrogen-bond acceptors (Lipinski definition) is 4. The third kappa shape index (κ3) is 4.45. The maximum Gasteiger partial charge on any atom is 0.320 e. The summed E-state index contributed by atoms with van der Waals surface area (Å²) in [6, 6.07) is 12.0. The lowest BCUT2D eigenvalue weighted by Gasteiger charge is -2.30. The molecule has 2 amide bonds. The van der Waals surface area contributed by atoms with Crippen LogP contribution in [0.3, 0.4) is 0 Å². The fourth-order valence-electron chi connectivity index (χ4n) is 3.33. The lowest BCUT2D eigenvalue weighted by molar-refractivity contribution is -0.113. The minimum absolute atomic E-state index is 0.135. The summed E-state index contributed by atoms with van der Waals surface area (Å²) in [5, 5.41) is 5.66. The van der Waals surface area contributed by atoms with Crippen LogP contribution in [0.2, 0.25) is 0 Å². The van der Waals surface area contributed by atoms with E-state index >= 15 is 0 Å². The molecule has 0 aromatic heterocycles. The highest BCUT2D eigenvalue weighted by Crippen LogP contribution is 2.41. The Kier molecular flexibility index (Phi) is 6.59. The summed E-state index contributed by atoms with van der Waals surface area (Å²) >= 11 is 3.53. The number of halogens is 1. The van der Waals surface area contributed by atoms with Crippen molar-refractivity contribution in [3.63, 3.8) is 0 Å². The van der Waals surface area contributed by atoms with Gasteiger partial charge in [-0.1, -0.05) is 30.3 Å². The Hall–Kier alpha value is -2.80. The molecular weight excluding hydrogens is 436 g/mol. The van der Waals surface area contributed by atoms with Crippen LogP contribution in [0, 0.1) is 0 Å². The van der Waals surface area contributed by atoms with E-state index in [9.17, 15) is 9.59 Å². The first kappa shape index (κ1) is 20.9. The predicted octanol–water partition coefficient (Wildman–Crippen LogP) is 4.60. The quantitative estimate of drug-likeness (QED) is 0.635. The van der Waals surface area contributed by atoms with Gasteiger partial charge in [-0.05, 0) is 60.0 Å². The summed E-state index contributed by atoms with van der Waals surface area (Å²) in [5.74, 6) is 1.01. The van der Waals surface area contributed by atoms with Gasteiger partial charge in [0.2, 0.25) is 0 Å². The van der Waals surface area contributed by atoms with E-state index in [0.717, 1.165) is 11.1 Å². The van der Waals surface area contributed by atoms with Gasteiger partial charge < -0.3 is 20.1 Å². The van der Waals surface area contributed by atoms with Gasteiger partial charge in [-0.25, -0.2) is 4.79 Å². The predicted molar refractivity (Wildman–Crippen MR) is 115 cm³/mol. The number of benzene rings is 2. The van der Waals surface area contributed by atoms with Crippen LogP contribution in [0.1, 0.15) is 37.9 Å². The molecule has 1 aliphatic rings. The number of ketones is 1. The summed E-state index contributed by atoms with van der Waals surface area (Å²) in [6.07, 6.45) is 0. The SMILES string of the molecule is CCOc1cc([C@@H]2NC(=O)NC(c3ccccc3)=C2C(C)=O)cc(Br)c1OCC. The fourth-order valence-corrected chi connectivity index (χ4v) is 3.90. The summed E-state index contributed by atoms with van der Waals surface area (Å²) in [5.41, 5.74) is 2.48. The zero-order chi connectivity index (χ0) is 21.0. The molecule has 6 nitrogen and oxygen atoms in total. The number of rotatable bonds is 7. The second kappa shape index (κ2) is 9.13. The Labute approximate surface area is 178 Å². The highest BCUT2D eigenvalue weighted by atomic mass is 79.9. The number of carbonyl (C=O) groups excluding carboxylic acids is 2. The van der Waals surface area contributed by atoms with Crippen LogP contribution in [0.4, 0.5) is 4.79 Å². The third-order valence-corrected chi connectivity index (χ3v) is 5.06. The number of amides is 2. The normalized spacial score (nSPS) is 16.1. The second-order valence-corrected chi connectivity index (χ2v) is 7.29. The second-order valence-electron chi connectivity index (χ2n) is 6.44. The van der Waals surface area contributed by atoms with Crippen molar-refractivity contribution >= 4 is 33.4 Å². The molecule has 0 saturated carbocycles. The van der Waals surface area contributed by atoms with Gasteiger partial charge in [0.25, 0.3) is 0 Å². The van der Waals surface area contributed by atoms with Crippen LogP contribution in [0.5, 0.6) is 11.5 Å². The molecule has 0 aliphatic carbocycles. The van der Waals surface area contributed by atoms with Gasteiger partial charge in [-0.2, -0.15) is 0 Å².